The molecule has 0 spiro atoms. The van der Waals surface area contributed by atoms with E-state index in [1.807, 2.05) is 0 Å². The largest absolute Gasteiger partial charge is 0.478 e. The summed E-state index contributed by atoms with van der Waals surface area (Å²) in [4.78, 5) is 24.2. The molecule has 112 valence electrons. The molecule has 0 fully saturated rings. The number of aromatic nitrogens is 1. The summed E-state index contributed by atoms with van der Waals surface area (Å²) in [5.41, 5.74) is -0.0757. The number of carboxylic acids is 1. The van der Waals surface area contributed by atoms with Gasteiger partial charge in [-0.25, -0.2) is 9.18 Å². The average Bonchev–Trinajstić information content (AvgIpc) is 2.48. The fraction of sp³-hybridized carbons (Fsp3) is 0. The van der Waals surface area contributed by atoms with Crippen molar-refractivity contribution in [1.82, 2.24) is 4.98 Å². The topological polar surface area (TPSA) is 103 Å². The predicted octanol–water partition coefficient (Wildman–Crippen LogP) is 3.02. The van der Waals surface area contributed by atoms with E-state index in [0.29, 0.717) is 5.56 Å². The highest BCUT2D eigenvalue weighted by Crippen LogP contribution is 2.29. The van der Waals surface area contributed by atoms with E-state index in [9.17, 15) is 19.3 Å². The van der Waals surface area contributed by atoms with Crippen molar-refractivity contribution in [2.24, 2.45) is 0 Å². The normalized spacial score (nSPS) is 10.6. The van der Waals surface area contributed by atoms with E-state index in [0.717, 1.165) is 24.3 Å². The highest BCUT2D eigenvalue weighted by molar-refractivity contribution is 5.85. The number of hydrogen-bond donors (Lipinski definition) is 1. The molecule has 1 aromatic heterocycles. The van der Waals surface area contributed by atoms with Gasteiger partial charge in [0.25, 0.3) is 5.69 Å². The molecule has 0 saturated carbocycles. The summed E-state index contributed by atoms with van der Waals surface area (Å²) in [6.07, 6.45) is 4.86. The Morgan fingerprint density at radius 3 is 2.77 bits per heavy atom. The number of halogens is 1. The number of nitro groups is 1. The molecule has 2 rings (SSSR count). The monoisotopic (exact) mass is 304 g/mol. The van der Waals surface area contributed by atoms with E-state index >= 15 is 0 Å². The summed E-state index contributed by atoms with van der Waals surface area (Å²) >= 11 is 0. The molecule has 0 amide bonds. The number of benzene rings is 1. The third-order valence-corrected chi connectivity index (χ3v) is 2.56. The van der Waals surface area contributed by atoms with E-state index < -0.39 is 22.4 Å². The van der Waals surface area contributed by atoms with E-state index in [2.05, 4.69) is 4.98 Å². The van der Waals surface area contributed by atoms with Crippen molar-refractivity contribution in [2.75, 3.05) is 0 Å². The van der Waals surface area contributed by atoms with Gasteiger partial charge in [-0.1, -0.05) is 0 Å². The number of rotatable bonds is 5. The molecule has 0 saturated heterocycles. The van der Waals surface area contributed by atoms with Crippen LogP contribution in [0.1, 0.15) is 5.56 Å². The van der Waals surface area contributed by atoms with Gasteiger partial charge in [-0.05, 0) is 18.2 Å². The Kier molecular flexibility index (Phi) is 4.42. The van der Waals surface area contributed by atoms with Crippen molar-refractivity contribution in [2.45, 2.75) is 0 Å². The van der Waals surface area contributed by atoms with Crippen molar-refractivity contribution < 1.29 is 24.0 Å². The third-order valence-electron chi connectivity index (χ3n) is 2.56. The van der Waals surface area contributed by atoms with Crippen LogP contribution in [0.15, 0.2) is 42.7 Å². The SMILES string of the molecule is O=C(O)C=Cc1cnccc1Oc1ccc([N+](=O)[O-])cc1F. The Bertz CT molecular complexity index is 761. The summed E-state index contributed by atoms with van der Waals surface area (Å²) in [6, 6.07) is 4.39. The number of pyridine rings is 1. The molecular formula is C14H9FN2O5. The maximum atomic E-state index is 13.8. The van der Waals surface area contributed by atoms with Gasteiger partial charge >= 0.3 is 5.97 Å². The first-order valence-electron chi connectivity index (χ1n) is 5.94. The van der Waals surface area contributed by atoms with Crippen LogP contribution in [-0.4, -0.2) is 21.0 Å². The van der Waals surface area contributed by atoms with Gasteiger partial charge in [-0.15, -0.1) is 0 Å². The third kappa shape index (κ3) is 3.63. The molecule has 0 aliphatic carbocycles. The van der Waals surface area contributed by atoms with E-state index in [4.69, 9.17) is 9.84 Å². The molecule has 1 aromatic carbocycles. The smallest absolute Gasteiger partial charge is 0.328 e. The van der Waals surface area contributed by atoms with Crippen LogP contribution >= 0.6 is 0 Å². The highest BCUT2D eigenvalue weighted by atomic mass is 19.1. The van der Waals surface area contributed by atoms with Crippen LogP contribution in [0.3, 0.4) is 0 Å². The van der Waals surface area contributed by atoms with Crippen LogP contribution in [0.5, 0.6) is 11.5 Å². The highest BCUT2D eigenvalue weighted by Gasteiger charge is 2.13. The minimum atomic E-state index is -1.16. The fourth-order valence-electron chi connectivity index (χ4n) is 1.58. The van der Waals surface area contributed by atoms with Gasteiger partial charge in [0.1, 0.15) is 5.75 Å². The first-order chi connectivity index (χ1) is 10.5. The second kappa shape index (κ2) is 6.44. The Balaban J connectivity index is 2.31. The number of nitrogens with zero attached hydrogens (tertiary/aromatic N) is 2. The van der Waals surface area contributed by atoms with Gasteiger partial charge < -0.3 is 9.84 Å². The van der Waals surface area contributed by atoms with Crippen molar-refractivity contribution >= 4 is 17.7 Å². The molecule has 0 aliphatic heterocycles. The predicted molar refractivity (Wildman–Crippen MR) is 74.0 cm³/mol. The van der Waals surface area contributed by atoms with Crippen LogP contribution in [0, 0.1) is 15.9 Å². The Hall–Kier alpha value is -3.29. The van der Waals surface area contributed by atoms with Gasteiger partial charge in [0.15, 0.2) is 11.6 Å². The Morgan fingerprint density at radius 2 is 2.14 bits per heavy atom. The summed E-state index contributed by atoms with van der Waals surface area (Å²) in [6.45, 7) is 0. The van der Waals surface area contributed by atoms with Crippen LogP contribution in [0.25, 0.3) is 6.08 Å². The molecule has 0 radical (unpaired) electrons. The lowest BCUT2D eigenvalue weighted by atomic mass is 10.2. The maximum Gasteiger partial charge on any atom is 0.328 e. The maximum absolute atomic E-state index is 13.8. The van der Waals surface area contributed by atoms with E-state index in [1.165, 1.54) is 24.5 Å². The standard InChI is InChI=1S/C14H9FN2O5/c15-11-7-10(17(20)21)2-3-13(11)22-12-5-6-16-8-9(12)1-4-14(18)19/h1-8H,(H,18,19). The lowest BCUT2D eigenvalue weighted by Gasteiger charge is -2.08. The van der Waals surface area contributed by atoms with Crippen molar-refractivity contribution in [1.29, 1.82) is 0 Å². The van der Waals surface area contributed by atoms with E-state index in [1.54, 1.807) is 0 Å². The van der Waals surface area contributed by atoms with Crippen LogP contribution < -0.4 is 4.74 Å². The minimum Gasteiger partial charge on any atom is -0.478 e. The zero-order valence-electron chi connectivity index (χ0n) is 11.0. The van der Waals surface area contributed by atoms with Crippen molar-refractivity contribution in [3.63, 3.8) is 0 Å². The van der Waals surface area contributed by atoms with Gasteiger partial charge in [0.05, 0.1) is 11.0 Å². The lowest BCUT2D eigenvalue weighted by molar-refractivity contribution is -0.385. The molecule has 0 bridgehead atoms. The number of carboxylic acid groups (broad SMARTS) is 1. The summed E-state index contributed by atoms with van der Waals surface area (Å²) in [5.74, 6) is -2.11. The second-order valence-electron chi connectivity index (χ2n) is 4.06. The Morgan fingerprint density at radius 1 is 1.36 bits per heavy atom. The van der Waals surface area contributed by atoms with Crippen LogP contribution in [-0.2, 0) is 4.79 Å². The van der Waals surface area contributed by atoms with Crippen LogP contribution in [0.2, 0.25) is 0 Å². The first-order valence-corrected chi connectivity index (χ1v) is 5.94. The molecule has 7 nitrogen and oxygen atoms in total. The van der Waals surface area contributed by atoms with E-state index in [-0.39, 0.29) is 11.5 Å². The fourth-order valence-corrected chi connectivity index (χ4v) is 1.58. The van der Waals surface area contributed by atoms with Gasteiger partial charge in [0, 0.05) is 30.1 Å². The Labute approximate surface area is 123 Å². The summed E-state index contributed by atoms with van der Waals surface area (Å²) in [5, 5.41) is 19.2. The van der Waals surface area contributed by atoms with Crippen LogP contribution in [0.4, 0.5) is 10.1 Å². The lowest BCUT2D eigenvalue weighted by Crippen LogP contribution is -1.94. The van der Waals surface area contributed by atoms with Gasteiger partial charge in [-0.3, -0.25) is 15.1 Å². The minimum absolute atomic E-state index is 0.167. The molecule has 22 heavy (non-hydrogen) atoms. The number of carbonyl (C=O) groups is 1. The van der Waals surface area contributed by atoms with Gasteiger partial charge in [-0.2, -0.15) is 0 Å². The number of non-ortho nitro benzene ring substituents is 1. The summed E-state index contributed by atoms with van der Waals surface area (Å²) in [7, 11) is 0. The molecule has 2 aromatic rings. The first kappa shape index (κ1) is 15.1. The molecule has 0 aliphatic rings. The molecule has 0 unspecified atom stereocenters. The number of ether oxygens (including phenoxy) is 1. The number of nitro benzene ring substituents is 1. The van der Waals surface area contributed by atoms with Crippen molar-refractivity contribution in [3.8, 4) is 11.5 Å². The zero-order valence-corrected chi connectivity index (χ0v) is 11.0. The molecule has 0 atom stereocenters. The zero-order chi connectivity index (χ0) is 16.1. The molecule has 1 N–H and O–H groups in total. The molecular weight excluding hydrogens is 295 g/mol. The average molecular weight is 304 g/mol. The van der Waals surface area contributed by atoms with Crippen molar-refractivity contribution in [3.05, 3.63) is 64.2 Å². The number of hydrogen-bond acceptors (Lipinski definition) is 5. The second-order valence-corrected chi connectivity index (χ2v) is 4.06. The number of aliphatic carboxylic acids is 1. The summed E-state index contributed by atoms with van der Waals surface area (Å²) < 4.78 is 19.1. The molecule has 8 heteroatoms. The quantitative estimate of drug-likeness (QED) is 0.517. The molecule has 1 heterocycles. The van der Waals surface area contributed by atoms with Gasteiger partial charge in [0.2, 0.25) is 0 Å².